The number of rotatable bonds is 10. The van der Waals surface area contributed by atoms with Gasteiger partial charge >= 0.3 is 0 Å². The number of oxazole rings is 1. The molecule has 0 N–H and O–H groups in total. The zero-order chi connectivity index (χ0) is 25.6. The first-order valence-electron chi connectivity index (χ1n) is 12.2. The van der Waals surface area contributed by atoms with E-state index in [0.29, 0.717) is 37.8 Å². The number of aromatic nitrogens is 1. The Morgan fingerprint density at radius 1 is 0.892 bits per heavy atom. The number of hydrogen-bond donors (Lipinski definition) is 0. The van der Waals surface area contributed by atoms with E-state index in [4.69, 9.17) is 18.6 Å². The molecule has 0 spiro atoms. The third-order valence-corrected chi connectivity index (χ3v) is 6.08. The van der Waals surface area contributed by atoms with E-state index in [-0.39, 0.29) is 12.7 Å². The minimum absolute atomic E-state index is 0.161. The van der Waals surface area contributed by atoms with Crippen molar-refractivity contribution >= 4 is 5.91 Å². The zero-order valence-corrected chi connectivity index (χ0v) is 20.9. The summed E-state index contributed by atoms with van der Waals surface area (Å²) in [5.41, 5.74) is 2.44. The summed E-state index contributed by atoms with van der Waals surface area (Å²) in [5.74, 6) is 3.35. The molecule has 0 fully saturated rings. The predicted molar refractivity (Wildman–Crippen MR) is 138 cm³/mol. The molecule has 4 aromatic rings. The van der Waals surface area contributed by atoms with Crippen LogP contribution in [0.5, 0.6) is 23.0 Å². The first kappa shape index (κ1) is 24.4. The summed E-state index contributed by atoms with van der Waals surface area (Å²) in [6, 6.07) is 23.6. The van der Waals surface area contributed by atoms with Gasteiger partial charge in [-0.1, -0.05) is 36.4 Å². The second kappa shape index (κ2) is 11.2. The fraction of sp³-hybridized carbons (Fsp3) is 0.241. The Kier molecular flexibility index (Phi) is 7.37. The maximum Gasteiger partial charge on any atom is 0.275 e. The summed E-state index contributed by atoms with van der Waals surface area (Å²) in [7, 11) is 1.74. The first-order valence-corrected chi connectivity index (χ1v) is 12.2. The number of carbonyl (C=O) groups is 1. The monoisotopic (exact) mass is 499 g/mol. The highest BCUT2D eigenvalue weighted by Gasteiger charge is 2.19. The van der Waals surface area contributed by atoms with E-state index in [1.54, 1.807) is 11.9 Å². The molecule has 1 aliphatic heterocycles. The third-order valence-electron chi connectivity index (χ3n) is 6.08. The molecule has 0 saturated heterocycles. The highest BCUT2D eigenvalue weighted by atomic mass is 16.7. The lowest BCUT2D eigenvalue weighted by Crippen LogP contribution is -2.26. The number of benzene rings is 3. The summed E-state index contributed by atoms with van der Waals surface area (Å²) >= 11 is 0. The average molecular weight is 500 g/mol. The Labute approximate surface area is 216 Å². The van der Waals surface area contributed by atoms with Crippen molar-refractivity contribution < 1.29 is 23.4 Å². The summed E-state index contributed by atoms with van der Waals surface area (Å²) in [6.45, 7) is 4.39. The van der Waals surface area contributed by atoms with Crippen LogP contribution in [0.15, 0.2) is 83.5 Å². The van der Waals surface area contributed by atoms with Crippen LogP contribution in [0.1, 0.15) is 34.4 Å². The molecule has 0 unspecified atom stereocenters. The number of hydrogen-bond acceptors (Lipinski definition) is 7. The number of amides is 1. The van der Waals surface area contributed by atoms with E-state index in [2.05, 4.69) is 16.0 Å². The van der Waals surface area contributed by atoms with Gasteiger partial charge in [0, 0.05) is 26.7 Å². The molecular formula is C29H29N3O5. The standard InChI is InChI=1S/C29H29N3O5/c1-3-31(2)29(33)25-19-34-28(30-25)18-32(17-22-12-13-26-27(15-22)36-20-35-26)16-21-8-7-11-24(14-21)37-23-9-5-4-6-10-23/h4-15,19H,3,16-18,20H2,1-2H3. The van der Waals surface area contributed by atoms with Crippen LogP contribution in [-0.2, 0) is 19.6 Å². The van der Waals surface area contributed by atoms with Crippen molar-refractivity contribution in [2.45, 2.75) is 26.6 Å². The Balaban J connectivity index is 1.35. The van der Waals surface area contributed by atoms with Crippen LogP contribution in [0.3, 0.4) is 0 Å². The van der Waals surface area contributed by atoms with E-state index in [1.807, 2.05) is 73.7 Å². The van der Waals surface area contributed by atoms with Gasteiger partial charge in [-0.2, -0.15) is 0 Å². The molecule has 2 heterocycles. The fourth-order valence-corrected chi connectivity index (χ4v) is 4.07. The Bertz CT molecular complexity index is 1350. The van der Waals surface area contributed by atoms with E-state index in [9.17, 15) is 4.79 Å². The van der Waals surface area contributed by atoms with Gasteiger partial charge in [0.1, 0.15) is 17.8 Å². The lowest BCUT2D eigenvalue weighted by molar-refractivity contribution is 0.0796. The quantitative estimate of drug-likeness (QED) is 0.286. The molecule has 3 aromatic carbocycles. The zero-order valence-electron chi connectivity index (χ0n) is 20.9. The Hall–Kier alpha value is -4.30. The van der Waals surface area contributed by atoms with Crippen molar-refractivity contribution in [3.63, 3.8) is 0 Å². The molecule has 8 nitrogen and oxygen atoms in total. The SMILES string of the molecule is CCN(C)C(=O)c1coc(CN(Cc2cccc(Oc3ccccc3)c2)Cc2ccc3c(c2)OCO3)n1. The van der Waals surface area contributed by atoms with Crippen LogP contribution in [0.25, 0.3) is 0 Å². The highest BCUT2D eigenvalue weighted by Crippen LogP contribution is 2.33. The smallest absolute Gasteiger partial charge is 0.275 e. The summed E-state index contributed by atoms with van der Waals surface area (Å²) in [5, 5.41) is 0. The van der Waals surface area contributed by atoms with Gasteiger partial charge in [0.25, 0.3) is 5.91 Å². The van der Waals surface area contributed by atoms with Gasteiger partial charge in [0.05, 0.1) is 6.54 Å². The van der Waals surface area contributed by atoms with Crippen molar-refractivity contribution in [2.75, 3.05) is 20.4 Å². The average Bonchev–Trinajstić information content (AvgIpc) is 3.58. The molecule has 1 aliphatic rings. The molecule has 37 heavy (non-hydrogen) atoms. The topological polar surface area (TPSA) is 77.3 Å². The lowest BCUT2D eigenvalue weighted by atomic mass is 10.1. The van der Waals surface area contributed by atoms with E-state index in [0.717, 1.165) is 34.1 Å². The second-order valence-electron chi connectivity index (χ2n) is 8.84. The van der Waals surface area contributed by atoms with Crippen molar-refractivity contribution in [1.82, 2.24) is 14.8 Å². The number of carbonyl (C=O) groups excluding carboxylic acids is 1. The van der Waals surface area contributed by atoms with Gasteiger partial charge in [-0.15, -0.1) is 0 Å². The molecule has 0 atom stereocenters. The Morgan fingerprint density at radius 3 is 2.46 bits per heavy atom. The van der Waals surface area contributed by atoms with Crippen molar-refractivity contribution in [2.24, 2.45) is 0 Å². The van der Waals surface area contributed by atoms with Crippen LogP contribution >= 0.6 is 0 Å². The van der Waals surface area contributed by atoms with Crippen LogP contribution in [-0.4, -0.2) is 41.1 Å². The number of para-hydroxylation sites is 1. The molecule has 190 valence electrons. The predicted octanol–water partition coefficient (Wildman–Crippen LogP) is 5.49. The van der Waals surface area contributed by atoms with Gasteiger partial charge in [-0.25, -0.2) is 4.98 Å². The van der Waals surface area contributed by atoms with Crippen LogP contribution in [0.4, 0.5) is 0 Å². The second-order valence-corrected chi connectivity index (χ2v) is 8.84. The molecule has 0 radical (unpaired) electrons. The Morgan fingerprint density at radius 2 is 1.65 bits per heavy atom. The molecule has 0 bridgehead atoms. The maximum atomic E-state index is 12.5. The van der Waals surface area contributed by atoms with E-state index < -0.39 is 0 Å². The highest BCUT2D eigenvalue weighted by molar-refractivity contribution is 5.91. The molecule has 0 aliphatic carbocycles. The summed E-state index contributed by atoms with van der Waals surface area (Å²) in [6.07, 6.45) is 1.43. The first-order chi connectivity index (χ1) is 18.1. The van der Waals surface area contributed by atoms with Crippen LogP contribution in [0.2, 0.25) is 0 Å². The molecule has 5 rings (SSSR count). The number of fused-ring (bicyclic) bond motifs is 1. The van der Waals surface area contributed by atoms with E-state index in [1.165, 1.54) is 6.26 Å². The van der Waals surface area contributed by atoms with Gasteiger partial charge in [0.2, 0.25) is 12.7 Å². The van der Waals surface area contributed by atoms with Crippen molar-refractivity contribution in [1.29, 1.82) is 0 Å². The van der Waals surface area contributed by atoms with Crippen molar-refractivity contribution in [3.8, 4) is 23.0 Å². The molecule has 1 aromatic heterocycles. The summed E-state index contributed by atoms with van der Waals surface area (Å²) < 4.78 is 22.7. The van der Waals surface area contributed by atoms with Gasteiger partial charge < -0.3 is 23.5 Å². The third kappa shape index (κ3) is 6.10. The molecule has 8 heteroatoms. The largest absolute Gasteiger partial charge is 0.457 e. The minimum atomic E-state index is -0.161. The molecule has 0 saturated carbocycles. The minimum Gasteiger partial charge on any atom is -0.457 e. The van der Waals surface area contributed by atoms with Crippen LogP contribution in [0, 0.1) is 0 Å². The number of nitrogens with zero attached hydrogens (tertiary/aromatic N) is 3. The maximum absolute atomic E-state index is 12.5. The van der Waals surface area contributed by atoms with Gasteiger partial charge in [-0.3, -0.25) is 9.69 Å². The molecular weight excluding hydrogens is 470 g/mol. The van der Waals surface area contributed by atoms with Crippen molar-refractivity contribution in [3.05, 3.63) is 102 Å². The van der Waals surface area contributed by atoms with Crippen LogP contribution < -0.4 is 14.2 Å². The van der Waals surface area contributed by atoms with Gasteiger partial charge in [-0.05, 0) is 54.4 Å². The summed E-state index contributed by atoms with van der Waals surface area (Å²) in [4.78, 5) is 20.8. The molecule has 1 amide bonds. The van der Waals surface area contributed by atoms with Gasteiger partial charge in [0.15, 0.2) is 17.2 Å². The van der Waals surface area contributed by atoms with E-state index >= 15 is 0 Å². The number of ether oxygens (including phenoxy) is 3. The lowest BCUT2D eigenvalue weighted by Gasteiger charge is -2.21. The fourth-order valence-electron chi connectivity index (χ4n) is 4.07. The normalized spacial score (nSPS) is 12.1.